The van der Waals surface area contributed by atoms with Gasteiger partial charge in [0.2, 0.25) is 0 Å². The molecule has 0 bridgehead atoms. The first-order chi connectivity index (χ1) is 9.56. The van der Waals surface area contributed by atoms with Gasteiger partial charge in [0.15, 0.2) is 0 Å². The van der Waals surface area contributed by atoms with Crippen molar-refractivity contribution in [2.75, 3.05) is 6.61 Å². The topological polar surface area (TPSA) is 64.4 Å². The Kier molecular flexibility index (Phi) is 3.25. The molecule has 0 saturated heterocycles. The highest BCUT2D eigenvalue weighted by molar-refractivity contribution is 9.10. The van der Waals surface area contributed by atoms with Crippen LogP contribution in [0.15, 0.2) is 22.7 Å². The second kappa shape index (κ2) is 4.94. The molecule has 1 N–H and O–H groups in total. The van der Waals surface area contributed by atoms with E-state index in [1.165, 1.54) is 5.56 Å². The van der Waals surface area contributed by atoms with Crippen LogP contribution in [0.2, 0.25) is 0 Å². The van der Waals surface area contributed by atoms with Gasteiger partial charge in [-0.15, -0.1) is 0 Å². The summed E-state index contributed by atoms with van der Waals surface area (Å²) in [6.07, 6.45) is 0.841. The molecule has 5 nitrogen and oxygen atoms in total. The third-order valence-electron chi connectivity index (χ3n) is 3.38. The number of nitrogens with zero attached hydrogens (tertiary/aromatic N) is 2. The van der Waals surface area contributed by atoms with Crippen LogP contribution in [-0.4, -0.2) is 27.5 Å². The highest BCUT2D eigenvalue weighted by atomic mass is 79.9. The highest BCUT2D eigenvalue weighted by Crippen LogP contribution is 2.34. The van der Waals surface area contributed by atoms with E-state index in [9.17, 15) is 4.79 Å². The fraction of sp³-hybridized carbons (Fsp3) is 0.286. The van der Waals surface area contributed by atoms with E-state index >= 15 is 0 Å². The number of carboxylic acids is 1. The zero-order valence-corrected chi connectivity index (χ0v) is 12.5. The zero-order valence-electron chi connectivity index (χ0n) is 10.9. The van der Waals surface area contributed by atoms with E-state index in [4.69, 9.17) is 9.84 Å². The van der Waals surface area contributed by atoms with E-state index in [0.717, 1.165) is 27.9 Å². The van der Waals surface area contributed by atoms with Crippen LogP contribution in [0.1, 0.15) is 11.3 Å². The minimum atomic E-state index is -0.873. The second-order valence-corrected chi connectivity index (χ2v) is 5.52. The molecule has 0 unspecified atom stereocenters. The Morgan fingerprint density at radius 3 is 3.10 bits per heavy atom. The number of fused-ring (bicyclic) bond motifs is 1. The maximum Gasteiger partial charge on any atom is 0.309 e. The molecular formula is C14H13BrN2O3. The third kappa shape index (κ3) is 2.20. The van der Waals surface area contributed by atoms with Crippen LogP contribution < -0.4 is 4.74 Å². The first kappa shape index (κ1) is 13.2. The van der Waals surface area contributed by atoms with E-state index in [-0.39, 0.29) is 6.42 Å². The predicted molar refractivity (Wildman–Crippen MR) is 76.9 cm³/mol. The number of rotatable bonds is 3. The van der Waals surface area contributed by atoms with Crippen LogP contribution in [-0.2, 0) is 24.7 Å². The van der Waals surface area contributed by atoms with E-state index in [2.05, 4.69) is 27.1 Å². The number of halogens is 1. The lowest BCUT2D eigenvalue weighted by molar-refractivity contribution is -0.136. The molecule has 0 amide bonds. The monoisotopic (exact) mass is 336 g/mol. The summed E-state index contributed by atoms with van der Waals surface area (Å²) in [4.78, 5) is 10.9. The molecule has 1 aliphatic rings. The lowest BCUT2D eigenvalue weighted by Gasteiger charge is -2.02. The maximum atomic E-state index is 10.9. The molecule has 20 heavy (non-hydrogen) atoms. The Morgan fingerprint density at radius 1 is 1.55 bits per heavy atom. The van der Waals surface area contributed by atoms with Crippen molar-refractivity contribution in [2.45, 2.75) is 12.8 Å². The van der Waals surface area contributed by atoms with Crippen molar-refractivity contribution in [1.29, 1.82) is 0 Å². The van der Waals surface area contributed by atoms with Gasteiger partial charge in [-0.1, -0.05) is 0 Å². The largest absolute Gasteiger partial charge is 0.493 e. The molecule has 0 aliphatic carbocycles. The van der Waals surface area contributed by atoms with Crippen LogP contribution in [0.25, 0.3) is 11.3 Å². The van der Waals surface area contributed by atoms with Crippen molar-refractivity contribution in [3.63, 3.8) is 0 Å². The van der Waals surface area contributed by atoms with Crippen molar-refractivity contribution in [3.8, 4) is 17.0 Å². The van der Waals surface area contributed by atoms with Gasteiger partial charge >= 0.3 is 5.97 Å². The van der Waals surface area contributed by atoms with Crippen LogP contribution in [0, 0.1) is 0 Å². The van der Waals surface area contributed by atoms with Gasteiger partial charge in [-0.2, -0.15) is 5.10 Å². The molecule has 0 spiro atoms. The van der Waals surface area contributed by atoms with Crippen molar-refractivity contribution in [2.24, 2.45) is 7.05 Å². The van der Waals surface area contributed by atoms with Gasteiger partial charge < -0.3 is 9.84 Å². The van der Waals surface area contributed by atoms with Crippen LogP contribution >= 0.6 is 15.9 Å². The second-order valence-electron chi connectivity index (χ2n) is 4.72. The first-order valence-electron chi connectivity index (χ1n) is 6.25. The Hall–Kier alpha value is -1.82. The predicted octanol–water partition coefficient (Wildman–Crippen LogP) is 2.41. The van der Waals surface area contributed by atoms with Gasteiger partial charge in [0.1, 0.15) is 11.4 Å². The Labute approximate surface area is 124 Å². The van der Waals surface area contributed by atoms with Crippen molar-refractivity contribution < 1.29 is 14.6 Å². The Balaban J connectivity index is 2.04. The summed E-state index contributed by atoms with van der Waals surface area (Å²) in [5.41, 5.74) is 3.55. The Bertz CT molecular complexity index is 694. The van der Waals surface area contributed by atoms with Crippen LogP contribution in [0.5, 0.6) is 5.75 Å². The number of ether oxygens (including phenoxy) is 1. The molecule has 2 heterocycles. The number of hydrogen-bond acceptors (Lipinski definition) is 3. The summed E-state index contributed by atoms with van der Waals surface area (Å²) in [6, 6.07) is 5.94. The van der Waals surface area contributed by atoms with Crippen LogP contribution in [0.4, 0.5) is 0 Å². The van der Waals surface area contributed by atoms with E-state index < -0.39 is 5.97 Å². The van der Waals surface area contributed by atoms with Gasteiger partial charge in [0, 0.05) is 19.0 Å². The third-order valence-corrected chi connectivity index (χ3v) is 4.22. The fourth-order valence-electron chi connectivity index (χ4n) is 2.39. The number of aromatic nitrogens is 2. The lowest BCUT2D eigenvalue weighted by Crippen LogP contribution is -2.06. The van der Waals surface area contributed by atoms with Gasteiger partial charge in [0.25, 0.3) is 0 Å². The zero-order chi connectivity index (χ0) is 14.3. The van der Waals surface area contributed by atoms with Crippen molar-refractivity contribution in [1.82, 2.24) is 9.78 Å². The van der Waals surface area contributed by atoms with Crippen LogP contribution in [0.3, 0.4) is 0 Å². The smallest absolute Gasteiger partial charge is 0.309 e. The van der Waals surface area contributed by atoms with Crippen molar-refractivity contribution >= 4 is 21.9 Å². The van der Waals surface area contributed by atoms with Gasteiger partial charge in [0.05, 0.1) is 23.2 Å². The number of carbonyl (C=O) groups is 1. The molecule has 1 aliphatic heterocycles. The molecular weight excluding hydrogens is 324 g/mol. The number of aliphatic carboxylic acids is 1. The minimum Gasteiger partial charge on any atom is -0.493 e. The SMILES string of the molecule is Cn1nc(-c2ccc3c(c2)CCO3)c(Br)c1CC(=O)O. The molecule has 1 aromatic heterocycles. The summed E-state index contributed by atoms with van der Waals surface area (Å²) in [7, 11) is 1.75. The van der Waals surface area contributed by atoms with E-state index in [1.807, 2.05) is 12.1 Å². The number of benzene rings is 1. The van der Waals surface area contributed by atoms with Crippen molar-refractivity contribution in [3.05, 3.63) is 33.9 Å². The summed E-state index contributed by atoms with van der Waals surface area (Å²) in [5, 5.41) is 13.4. The average molecular weight is 337 g/mol. The Morgan fingerprint density at radius 2 is 2.35 bits per heavy atom. The van der Waals surface area contributed by atoms with E-state index in [0.29, 0.717) is 12.3 Å². The van der Waals surface area contributed by atoms with Gasteiger partial charge in [-0.25, -0.2) is 0 Å². The maximum absolute atomic E-state index is 10.9. The summed E-state index contributed by atoms with van der Waals surface area (Å²) in [5.74, 6) is 0.0502. The normalized spacial score (nSPS) is 13.1. The van der Waals surface area contributed by atoms with Gasteiger partial charge in [-0.3, -0.25) is 9.48 Å². The lowest BCUT2D eigenvalue weighted by atomic mass is 10.1. The summed E-state index contributed by atoms with van der Waals surface area (Å²) < 4.78 is 7.83. The standard InChI is InChI=1S/C14H13BrN2O3/c1-17-10(7-12(18)19)13(15)14(16-17)9-2-3-11-8(6-9)4-5-20-11/h2-3,6H,4-5,7H2,1H3,(H,18,19). The molecule has 6 heteroatoms. The number of hydrogen-bond donors (Lipinski definition) is 1. The average Bonchev–Trinajstić information content (AvgIpc) is 2.97. The molecule has 3 rings (SSSR count). The summed E-state index contributed by atoms with van der Waals surface area (Å²) >= 11 is 3.47. The molecule has 0 fully saturated rings. The minimum absolute atomic E-state index is 0.0574. The molecule has 0 radical (unpaired) electrons. The number of carboxylic acid groups (broad SMARTS) is 1. The van der Waals surface area contributed by atoms with Gasteiger partial charge in [-0.05, 0) is 39.7 Å². The van der Waals surface area contributed by atoms with E-state index in [1.54, 1.807) is 11.7 Å². The fourth-order valence-corrected chi connectivity index (χ4v) is 3.09. The molecule has 1 aromatic carbocycles. The summed E-state index contributed by atoms with van der Waals surface area (Å²) in [6.45, 7) is 0.715. The molecule has 0 atom stereocenters. The molecule has 104 valence electrons. The molecule has 0 saturated carbocycles. The number of aryl methyl sites for hydroxylation is 1. The quantitative estimate of drug-likeness (QED) is 0.934. The molecule has 2 aromatic rings. The highest BCUT2D eigenvalue weighted by Gasteiger charge is 2.19. The first-order valence-corrected chi connectivity index (χ1v) is 7.05.